The molecule has 35 heavy (non-hydrogen) atoms. The fraction of sp³-hybridized carbons (Fsp3) is 0.259. The van der Waals surface area contributed by atoms with E-state index in [0.29, 0.717) is 24.3 Å². The summed E-state index contributed by atoms with van der Waals surface area (Å²) in [5.41, 5.74) is 2.30. The maximum absolute atomic E-state index is 13.1. The van der Waals surface area contributed by atoms with E-state index in [1.165, 1.54) is 12.1 Å². The van der Waals surface area contributed by atoms with Crippen molar-refractivity contribution in [3.63, 3.8) is 0 Å². The average Bonchev–Trinajstić information content (AvgIpc) is 2.84. The second-order valence-corrected chi connectivity index (χ2v) is 10.4. The van der Waals surface area contributed by atoms with Gasteiger partial charge in [0.05, 0.1) is 10.3 Å². The van der Waals surface area contributed by atoms with Crippen LogP contribution >= 0.6 is 0 Å². The quantitative estimate of drug-likeness (QED) is 0.408. The van der Waals surface area contributed by atoms with E-state index in [4.69, 9.17) is 0 Å². The first kappa shape index (κ1) is 24.5. The predicted molar refractivity (Wildman–Crippen MR) is 136 cm³/mol. The van der Waals surface area contributed by atoms with E-state index in [2.05, 4.69) is 15.4 Å². The van der Waals surface area contributed by atoms with Crippen LogP contribution in [0.15, 0.2) is 83.8 Å². The lowest BCUT2D eigenvalue weighted by molar-refractivity contribution is -0.130. The molecule has 1 fully saturated rings. The molecule has 3 aromatic rings. The minimum Gasteiger partial charge on any atom is -0.351 e. The lowest BCUT2D eigenvalue weighted by Gasteiger charge is -2.40. The predicted octanol–water partition coefficient (Wildman–Crippen LogP) is 4.57. The number of amides is 2. The average molecular weight is 492 g/mol. The van der Waals surface area contributed by atoms with Gasteiger partial charge in [0.2, 0.25) is 11.8 Å². The van der Waals surface area contributed by atoms with E-state index in [9.17, 15) is 18.0 Å². The number of carbonyl (C=O) groups is 2. The van der Waals surface area contributed by atoms with E-state index < -0.39 is 15.4 Å². The molecule has 0 aliphatic heterocycles. The van der Waals surface area contributed by atoms with Gasteiger partial charge in [0, 0.05) is 24.3 Å². The van der Waals surface area contributed by atoms with Crippen molar-refractivity contribution < 1.29 is 18.0 Å². The maximum Gasteiger partial charge on any atom is 0.261 e. The summed E-state index contributed by atoms with van der Waals surface area (Å²) in [5, 5.41) is 5.75. The van der Waals surface area contributed by atoms with Gasteiger partial charge < -0.3 is 10.6 Å². The Kier molecular flexibility index (Phi) is 7.21. The molecular formula is C27H29N3O4S. The van der Waals surface area contributed by atoms with E-state index in [0.717, 1.165) is 30.4 Å². The third-order valence-corrected chi connectivity index (χ3v) is 7.79. The highest BCUT2D eigenvalue weighted by Gasteiger charge is 2.45. The van der Waals surface area contributed by atoms with E-state index in [1.807, 2.05) is 42.5 Å². The number of rotatable bonds is 9. The van der Waals surface area contributed by atoms with Crippen molar-refractivity contribution in [3.05, 3.63) is 90.0 Å². The lowest BCUT2D eigenvalue weighted by atomic mass is 9.63. The van der Waals surface area contributed by atoms with Crippen LogP contribution in [0.25, 0.3) is 0 Å². The Morgan fingerprint density at radius 1 is 0.857 bits per heavy atom. The molecule has 0 spiro atoms. The van der Waals surface area contributed by atoms with Crippen LogP contribution in [-0.4, -0.2) is 20.2 Å². The van der Waals surface area contributed by atoms with Gasteiger partial charge >= 0.3 is 0 Å². The van der Waals surface area contributed by atoms with Crippen molar-refractivity contribution in [1.29, 1.82) is 0 Å². The molecule has 182 valence electrons. The molecule has 0 heterocycles. The molecule has 3 aromatic carbocycles. The molecule has 0 radical (unpaired) electrons. The summed E-state index contributed by atoms with van der Waals surface area (Å²) in [6.45, 7) is 2.22. The van der Waals surface area contributed by atoms with Crippen molar-refractivity contribution in [2.24, 2.45) is 0 Å². The highest BCUT2D eigenvalue weighted by molar-refractivity contribution is 7.92. The number of nitrogens with one attached hydrogen (secondary N) is 3. The highest BCUT2D eigenvalue weighted by atomic mass is 32.2. The Bertz CT molecular complexity index is 1280. The van der Waals surface area contributed by atoms with Gasteiger partial charge in [-0.3, -0.25) is 14.3 Å². The number of carbonyl (C=O) groups excluding carboxylic acids is 2. The molecule has 4 rings (SSSR count). The van der Waals surface area contributed by atoms with Crippen molar-refractivity contribution in [2.45, 2.75) is 49.5 Å². The molecule has 1 aliphatic rings. The third-order valence-electron chi connectivity index (χ3n) is 6.40. The van der Waals surface area contributed by atoms with E-state index >= 15 is 0 Å². The van der Waals surface area contributed by atoms with Crippen molar-refractivity contribution in [2.75, 3.05) is 10.0 Å². The van der Waals surface area contributed by atoms with Gasteiger partial charge in [-0.1, -0.05) is 55.8 Å². The van der Waals surface area contributed by atoms with Crippen molar-refractivity contribution in [1.82, 2.24) is 5.32 Å². The second-order valence-electron chi connectivity index (χ2n) is 8.71. The second kappa shape index (κ2) is 10.3. The van der Waals surface area contributed by atoms with Crippen LogP contribution in [0.3, 0.4) is 0 Å². The van der Waals surface area contributed by atoms with Gasteiger partial charge in [0.25, 0.3) is 10.0 Å². The molecule has 2 amide bonds. The zero-order chi connectivity index (χ0) is 24.9. The van der Waals surface area contributed by atoms with Crippen LogP contribution in [0.2, 0.25) is 0 Å². The van der Waals surface area contributed by atoms with Crippen molar-refractivity contribution >= 4 is 33.2 Å². The fourth-order valence-electron chi connectivity index (χ4n) is 4.16. The van der Waals surface area contributed by atoms with Gasteiger partial charge in [-0.25, -0.2) is 8.42 Å². The first-order valence-electron chi connectivity index (χ1n) is 11.7. The molecular weight excluding hydrogens is 462 g/mol. The normalized spacial score (nSPS) is 14.4. The first-order valence-corrected chi connectivity index (χ1v) is 13.2. The zero-order valence-electron chi connectivity index (χ0n) is 19.6. The zero-order valence-corrected chi connectivity index (χ0v) is 20.4. The van der Waals surface area contributed by atoms with Crippen LogP contribution in [0.4, 0.5) is 11.4 Å². The summed E-state index contributed by atoms with van der Waals surface area (Å²) in [7, 11) is -3.80. The first-order chi connectivity index (χ1) is 16.8. The van der Waals surface area contributed by atoms with Crippen molar-refractivity contribution in [3.8, 4) is 0 Å². The Hall–Kier alpha value is -3.65. The molecule has 0 bridgehead atoms. The Morgan fingerprint density at radius 3 is 2.06 bits per heavy atom. The van der Waals surface area contributed by atoms with Gasteiger partial charge in [0.15, 0.2) is 0 Å². The molecule has 0 atom stereocenters. The summed E-state index contributed by atoms with van der Waals surface area (Å²) >= 11 is 0. The van der Waals surface area contributed by atoms with Crippen LogP contribution in [0, 0.1) is 0 Å². The summed E-state index contributed by atoms with van der Waals surface area (Å²) in [6, 6.07) is 22.8. The summed E-state index contributed by atoms with van der Waals surface area (Å²) in [6.07, 6.45) is 2.84. The largest absolute Gasteiger partial charge is 0.351 e. The molecule has 1 aliphatic carbocycles. The number of hydrogen-bond acceptors (Lipinski definition) is 4. The number of anilines is 2. The van der Waals surface area contributed by atoms with Crippen LogP contribution in [0.5, 0.6) is 0 Å². The van der Waals surface area contributed by atoms with Gasteiger partial charge in [-0.2, -0.15) is 0 Å². The molecule has 0 unspecified atom stereocenters. The van der Waals surface area contributed by atoms with Gasteiger partial charge in [-0.05, 0) is 60.4 Å². The molecule has 1 saturated carbocycles. The number of hydrogen-bond donors (Lipinski definition) is 3. The van der Waals surface area contributed by atoms with Crippen LogP contribution in [0.1, 0.15) is 43.7 Å². The molecule has 0 saturated heterocycles. The maximum atomic E-state index is 13.1. The lowest BCUT2D eigenvalue weighted by Crippen LogP contribution is -2.48. The monoisotopic (exact) mass is 491 g/mol. The Morgan fingerprint density at radius 2 is 1.49 bits per heavy atom. The Balaban J connectivity index is 1.43. The standard InChI is InChI=1S/C27H29N3O4S/c1-2-25(31)29-22-13-15-24(16-14-22)35(33,34)30-23-11-9-21(10-12-23)27(17-6-18-27)26(32)28-19-20-7-4-3-5-8-20/h3-5,7-16,30H,2,6,17-19H2,1H3,(H,28,32)(H,29,31). The molecule has 8 heteroatoms. The number of benzene rings is 3. The Labute approximate surface area is 206 Å². The van der Waals surface area contributed by atoms with Crippen LogP contribution in [-0.2, 0) is 31.6 Å². The molecule has 3 N–H and O–H groups in total. The van der Waals surface area contributed by atoms with Crippen LogP contribution < -0.4 is 15.4 Å². The molecule has 7 nitrogen and oxygen atoms in total. The van der Waals surface area contributed by atoms with E-state index in [1.54, 1.807) is 31.2 Å². The summed E-state index contributed by atoms with van der Waals surface area (Å²) in [5.74, 6) is -0.145. The van der Waals surface area contributed by atoms with Gasteiger partial charge in [-0.15, -0.1) is 0 Å². The third kappa shape index (κ3) is 5.54. The summed E-state index contributed by atoms with van der Waals surface area (Å²) < 4.78 is 28.2. The number of sulfonamides is 1. The smallest absolute Gasteiger partial charge is 0.261 e. The fourth-order valence-corrected chi connectivity index (χ4v) is 5.22. The van der Waals surface area contributed by atoms with Gasteiger partial charge in [0.1, 0.15) is 0 Å². The minimum absolute atomic E-state index is 0.00353. The minimum atomic E-state index is -3.80. The van der Waals surface area contributed by atoms with E-state index in [-0.39, 0.29) is 16.7 Å². The highest BCUT2D eigenvalue weighted by Crippen LogP contribution is 2.44. The summed E-state index contributed by atoms with van der Waals surface area (Å²) in [4.78, 5) is 24.7. The topological polar surface area (TPSA) is 104 Å². The molecule has 0 aromatic heterocycles. The SMILES string of the molecule is CCC(=O)Nc1ccc(S(=O)(=O)Nc2ccc(C3(C(=O)NCc4ccccc4)CCC3)cc2)cc1.